The molecule has 0 spiro atoms. The van der Waals surface area contributed by atoms with E-state index in [-0.39, 0.29) is 0 Å². The van der Waals surface area contributed by atoms with Gasteiger partial charge < -0.3 is 20.3 Å². The van der Waals surface area contributed by atoms with Gasteiger partial charge in [0.15, 0.2) is 6.10 Å². The molecule has 2 atom stereocenters. The molecular formula is C12H15NO5. The molecular weight excluding hydrogens is 238 g/mol. The van der Waals surface area contributed by atoms with E-state index in [1.54, 1.807) is 30.3 Å². The summed E-state index contributed by atoms with van der Waals surface area (Å²) in [5, 5.41) is 19.8. The molecule has 1 rings (SSSR count). The molecule has 6 heteroatoms. The Balaban J connectivity index is 2.78. The smallest absolute Gasteiger partial charge is 0.328 e. The first-order valence-corrected chi connectivity index (χ1v) is 5.32. The highest BCUT2D eigenvalue weighted by molar-refractivity contribution is 5.87. The number of carbonyl (C=O) groups is 2. The number of carboxylic acid groups (broad SMARTS) is 1. The Labute approximate surface area is 104 Å². The number of carboxylic acids is 1. The fourth-order valence-corrected chi connectivity index (χ4v) is 1.46. The van der Waals surface area contributed by atoms with Gasteiger partial charge in [-0.15, -0.1) is 0 Å². The van der Waals surface area contributed by atoms with Crippen molar-refractivity contribution >= 4 is 11.9 Å². The summed E-state index contributed by atoms with van der Waals surface area (Å²) in [6.45, 7) is -0.674. The monoisotopic (exact) mass is 253 g/mol. The average Bonchev–Trinajstić information content (AvgIpc) is 2.37. The standard InChI is InChI=1S/C12H15NO5/c1-18-10(8-5-3-2-4-6-8)11(15)13-9(7-14)12(16)17/h2-6,9-10,14H,7H2,1H3,(H,13,15)(H,16,17)/t9-,10?/m1/s1. The van der Waals surface area contributed by atoms with Crippen molar-refractivity contribution in [1.29, 1.82) is 0 Å². The molecule has 0 aliphatic rings. The first kappa shape index (κ1) is 14.1. The zero-order valence-electron chi connectivity index (χ0n) is 9.87. The van der Waals surface area contributed by atoms with Gasteiger partial charge in [-0.3, -0.25) is 4.79 Å². The van der Waals surface area contributed by atoms with Crippen LogP contribution in [0.5, 0.6) is 0 Å². The summed E-state index contributed by atoms with van der Waals surface area (Å²) in [7, 11) is 1.35. The van der Waals surface area contributed by atoms with Crippen molar-refractivity contribution in [3.8, 4) is 0 Å². The van der Waals surface area contributed by atoms with Crippen molar-refractivity contribution in [1.82, 2.24) is 5.32 Å². The SMILES string of the molecule is COC(C(=O)N[C@H](CO)C(=O)O)c1ccccc1. The van der Waals surface area contributed by atoms with Gasteiger partial charge in [0, 0.05) is 7.11 Å². The van der Waals surface area contributed by atoms with Crippen LogP contribution < -0.4 is 5.32 Å². The Morgan fingerprint density at radius 2 is 1.94 bits per heavy atom. The molecule has 98 valence electrons. The van der Waals surface area contributed by atoms with Crippen LogP contribution in [0.25, 0.3) is 0 Å². The fraction of sp³-hybridized carbons (Fsp3) is 0.333. The normalized spacial score (nSPS) is 13.7. The van der Waals surface area contributed by atoms with Crippen molar-refractivity contribution in [2.45, 2.75) is 12.1 Å². The molecule has 18 heavy (non-hydrogen) atoms. The van der Waals surface area contributed by atoms with E-state index in [1.807, 2.05) is 0 Å². The average molecular weight is 253 g/mol. The maximum absolute atomic E-state index is 11.8. The molecule has 1 amide bonds. The van der Waals surface area contributed by atoms with Crippen molar-refractivity contribution in [3.63, 3.8) is 0 Å². The van der Waals surface area contributed by atoms with Gasteiger partial charge in [-0.05, 0) is 5.56 Å². The lowest BCUT2D eigenvalue weighted by molar-refractivity contribution is -0.145. The fourth-order valence-electron chi connectivity index (χ4n) is 1.46. The largest absolute Gasteiger partial charge is 0.480 e. The van der Waals surface area contributed by atoms with Gasteiger partial charge >= 0.3 is 5.97 Å². The van der Waals surface area contributed by atoms with E-state index in [9.17, 15) is 9.59 Å². The Morgan fingerprint density at radius 3 is 2.39 bits per heavy atom. The Bertz CT molecular complexity index is 406. The van der Waals surface area contributed by atoms with Crippen LogP contribution in [0.1, 0.15) is 11.7 Å². The summed E-state index contributed by atoms with van der Waals surface area (Å²) >= 11 is 0. The van der Waals surface area contributed by atoms with Gasteiger partial charge in [0.2, 0.25) is 0 Å². The molecule has 3 N–H and O–H groups in total. The number of hydrogen-bond donors (Lipinski definition) is 3. The van der Waals surface area contributed by atoms with E-state index in [0.717, 1.165) is 0 Å². The third-order valence-corrected chi connectivity index (χ3v) is 2.37. The summed E-state index contributed by atoms with van der Waals surface area (Å²) in [5.41, 5.74) is 0.611. The third kappa shape index (κ3) is 3.54. The minimum atomic E-state index is -1.33. The first-order valence-electron chi connectivity index (χ1n) is 5.32. The number of methoxy groups -OCH3 is 1. The number of aliphatic carboxylic acids is 1. The van der Waals surface area contributed by atoms with E-state index in [4.69, 9.17) is 14.9 Å². The van der Waals surface area contributed by atoms with Crippen molar-refractivity contribution in [2.75, 3.05) is 13.7 Å². The van der Waals surface area contributed by atoms with Gasteiger partial charge in [-0.1, -0.05) is 30.3 Å². The number of amides is 1. The number of ether oxygens (including phenoxy) is 1. The molecule has 6 nitrogen and oxygen atoms in total. The second kappa shape index (κ2) is 6.73. The number of carbonyl (C=O) groups excluding carboxylic acids is 1. The van der Waals surface area contributed by atoms with Crippen molar-refractivity contribution < 1.29 is 24.5 Å². The lowest BCUT2D eigenvalue weighted by atomic mass is 10.1. The van der Waals surface area contributed by atoms with E-state index in [2.05, 4.69) is 5.32 Å². The quantitative estimate of drug-likeness (QED) is 0.660. The number of rotatable bonds is 6. The summed E-state index contributed by atoms with van der Waals surface area (Å²) in [4.78, 5) is 22.5. The van der Waals surface area contributed by atoms with Crippen LogP contribution in [0.4, 0.5) is 0 Å². The lowest BCUT2D eigenvalue weighted by Crippen LogP contribution is -2.45. The number of nitrogens with one attached hydrogen (secondary N) is 1. The van der Waals surface area contributed by atoms with Crippen LogP contribution in [0.3, 0.4) is 0 Å². The number of aliphatic hydroxyl groups excluding tert-OH is 1. The molecule has 0 fully saturated rings. The molecule has 0 saturated heterocycles. The van der Waals surface area contributed by atoms with Gasteiger partial charge in [0.25, 0.3) is 5.91 Å². The third-order valence-electron chi connectivity index (χ3n) is 2.37. The predicted molar refractivity (Wildman–Crippen MR) is 62.8 cm³/mol. The Kier molecular flexibility index (Phi) is 5.29. The maximum Gasteiger partial charge on any atom is 0.328 e. The molecule has 0 heterocycles. The molecule has 0 radical (unpaired) electrons. The molecule has 0 aliphatic heterocycles. The topological polar surface area (TPSA) is 95.9 Å². The molecule has 0 saturated carbocycles. The Hall–Kier alpha value is -1.92. The zero-order valence-corrected chi connectivity index (χ0v) is 9.87. The Morgan fingerprint density at radius 1 is 1.33 bits per heavy atom. The molecule has 1 aromatic carbocycles. The minimum absolute atomic E-state index is 0.606. The van der Waals surface area contributed by atoms with Crippen molar-refractivity contribution in [2.24, 2.45) is 0 Å². The molecule has 0 aromatic heterocycles. The second-order valence-corrected chi connectivity index (χ2v) is 3.61. The highest BCUT2D eigenvalue weighted by atomic mass is 16.5. The second-order valence-electron chi connectivity index (χ2n) is 3.61. The van der Waals surface area contributed by atoms with Crippen LogP contribution >= 0.6 is 0 Å². The highest BCUT2D eigenvalue weighted by Crippen LogP contribution is 2.16. The first-order chi connectivity index (χ1) is 8.60. The summed E-state index contributed by atoms with van der Waals surface area (Å²) in [6.07, 6.45) is -0.903. The van der Waals surface area contributed by atoms with Crippen LogP contribution in [0.15, 0.2) is 30.3 Å². The van der Waals surface area contributed by atoms with E-state index in [1.165, 1.54) is 7.11 Å². The number of aliphatic hydroxyl groups is 1. The highest BCUT2D eigenvalue weighted by Gasteiger charge is 2.25. The molecule has 1 aromatic rings. The summed E-state index contributed by atoms with van der Waals surface area (Å²) in [5.74, 6) is -1.90. The summed E-state index contributed by atoms with van der Waals surface area (Å²) in [6, 6.07) is 7.34. The van der Waals surface area contributed by atoms with Crippen LogP contribution in [0.2, 0.25) is 0 Å². The van der Waals surface area contributed by atoms with E-state index in [0.29, 0.717) is 5.56 Å². The van der Waals surface area contributed by atoms with Gasteiger partial charge in [0.1, 0.15) is 6.04 Å². The summed E-state index contributed by atoms with van der Waals surface area (Å²) < 4.78 is 5.04. The molecule has 0 aliphatic carbocycles. The van der Waals surface area contributed by atoms with E-state index < -0.39 is 30.6 Å². The van der Waals surface area contributed by atoms with Crippen LogP contribution in [-0.2, 0) is 14.3 Å². The predicted octanol–water partition coefficient (Wildman–Crippen LogP) is -0.0642. The maximum atomic E-state index is 11.8. The molecule has 1 unspecified atom stereocenters. The lowest BCUT2D eigenvalue weighted by Gasteiger charge is -2.18. The number of hydrogen-bond acceptors (Lipinski definition) is 4. The van der Waals surface area contributed by atoms with Crippen molar-refractivity contribution in [3.05, 3.63) is 35.9 Å². The molecule has 0 bridgehead atoms. The van der Waals surface area contributed by atoms with Gasteiger partial charge in [0.05, 0.1) is 6.61 Å². The van der Waals surface area contributed by atoms with E-state index >= 15 is 0 Å². The number of benzene rings is 1. The van der Waals surface area contributed by atoms with Crippen LogP contribution in [0, 0.1) is 0 Å². The minimum Gasteiger partial charge on any atom is -0.480 e. The van der Waals surface area contributed by atoms with Crippen LogP contribution in [-0.4, -0.2) is 41.8 Å². The van der Waals surface area contributed by atoms with Gasteiger partial charge in [-0.25, -0.2) is 4.79 Å². The van der Waals surface area contributed by atoms with Gasteiger partial charge in [-0.2, -0.15) is 0 Å². The zero-order chi connectivity index (χ0) is 13.5.